The number of likely N-dealkylation sites (N-methyl/N-ethyl adjacent to an activating group) is 1. The lowest BCUT2D eigenvalue weighted by atomic mass is 10.1. The van der Waals surface area contributed by atoms with Gasteiger partial charge in [-0.1, -0.05) is 43.7 Å². The van der Waals surface area contributed by atoms with Crippen molar-refractivity contribution in [2.75, 3.05) is 52.3 Å². The number of carbonyl (C=O) groups is 2. The summed E-state index contributed by atoms with van der Waals surface area (Å²) in [6.45, 7) is 10.5. The van der Waals surface area contributed by atoms with Crippen LogP contribution >= 0.6 is 0 Å². The molecule has 226 valence electrons. The normalized spacial score (nSPS) is 14.5. The molecule has 2 amide bonds. The standard InChI is InChI=1S/C32H44N6O4/c1-7-10-28(36(6)20-27(39)34-30-22(2)11-8-12-23(30)3)35(5)19-26-33-31-24(4)13-9-14-25(31)32(41)38(26)21-29(40)37-15-17-42-18-16-37/h8-9,11-14,28H,7,10,15-21H2,1-6H3,(H,34,39). The molecule has 2 heterocycles. The molecule has 1 aliphatic rings. The lowest BCUT2D eigenvalue weighted by molar-refractivity contribution is -0.136. The van der Waals surface area contributed by atoms with E-state index in [0.717, 1.165) is 35.2 Å². The molecular formula is C32H44N6O4. The zero-order chi connectivity index (χ0) is 30.4. The maximum absolute atomic E-state index is 13.8. The molecule has 1 saturated heterocycles. The van der Waals surface area contributed by atoms with E-state index >= 15 is 0 Å². The van der Waals surface area contributed by atoms with E-state index in [0.29, 0.717) is 49.6 Å². The van der Waals surface area contributed by atoms with Gasteiger partial charge in [0.1, 0.15) is 12.4 Å². The second kappa shape index (κ2) is 14.0. The number of carbonyl (C=O) groups excluding carboxylic acids is 2. The largest absolute Gasteiger partial charge is 0.378 e. The molecule has 1 atom stereocenters. The third-order valence-corrected chi connectivity index (χ3v) is 8.02. The van der Waals surface area contributed by atoms with Gasteiger partial charge in [0.25, 0.3) is 5.56 Å². The van der Waals surface area contributed by atoms with E-state index in [1.165, 1.54) is 4.57 Å². The summed E-state index contributed by atoms with van der Waals surface area (Å²) >= 11 is 0. The Hall–Kier alpha value is -3.60. The number of aromatic nitrogens is 2. The Bertz CT molecular complexity index is 1460. The van der Waals surface area contributed by atoms with Crippen LogP contribution in [0, 0.1) is 20.8 Å². The van der Waals surface area contributed by atoms with Gasteiger partial charge in [-0.25, -0.2) is 4.98 Å². The van der Waals surface area contributed by atoms with E-state index in [1.807, 2.05) is 70.1 Å². The van der Waals surface area contributed by atoms with E-state index in [-0.39, 0.29) is 36.6 Å². The SMILES string of the molecule is CCCC(N(C)CC(=O)Nc1c(C)cccc1C)N(C)Cc1nc2c(C)cccc2c(=O)n1CC(=O)N1CCOCC1. The average Bonchev–Trinajstić information content (AvgIpc) is 2.96. The highest BCUT2D eigenvalue weighted by molar-refractivity contribution is 5.93. The van der Waals surface area contributed by atoms with Gasteiger partial charge in [0.05, 0.1) is 43.4 Å². The second-order valence-corrected chi connectivity index (χ2v) is 11.3. The number of morpholine rings is 1. The molecular weight excluding hydrogens is 532 g/mol. The Kier molecular flexibility index (Phi) is 10.5. The Morgan fingerprint density at radius 2 is 1.64 bits per heavy atom. The van der Waals surface area contributed by atoms with Crippen molar-refractivity contribution in [3.05, 3.63) is 69.3 Å². The monoisotopic (exact) mass is 576 g/mol. The summed E-state index contributed by atoms with van der Waals surface area (Å²) in [6, 6.07) is 11.5. The van der Waals surface area contributed by atoms with Crippen molar-refractivity contribution in [1.82, 2.24) is 24.3 Å². The molecule has 10 heteroatoms. The maximum atomic E-state index is 13.8. The molecule has 42 heavy (non-hydrogen) atoms. The Morgan fingerprint density at radius 3 is 2.31 bits per heavy atom. The number of benzene rings is 2. The zero-order valence-electron chi connectivity index (χ0n) is 25.8. The van der Waals surface area contributed by atoms with Crippen molar-refractivity contribution < 1.29 is 14.3 Å². The summed E-state index contributed by atoms with van der Waals surface area (Å²) in [5, 5.41) is 3.58. The summed E-state index contributed by atoms with van der Waals surface area (Å²) in [4.78, 5) is 50.9. The van der Waals surface area contributed by atoms with Gasteiger partial charge in [-0.2, -0.15) is 0 Å². The lowest BCUT2D eigenvalue weighted by Crippen LogP contribution is -2.48. The topological polar surface area (TPSA) is 100 Å². The highest BCUT2D eigenvalue weighted by atomic mass is 16.5. The van der Waals surface area contributed by atoms with Gasteiger partial charge in [-0.05, 0) is 64.0 Å². The average molecular weight is 577 g/mol. The molecule has 3 aromatic rings. The molecule has 0 aliphatic carbocycles. The van der Waals surface area contributed by atoms with Crippen LogP contribution in [-0.4, -0.2) is 89.2 Å². The van der Waals surface area contributed by atoms with E-state index in [1.54, 1.807) is 11.0 Å². The number of hydrogen-bond acceptors (Lipinski definition) is 7. The molecule has 2 aromatic carbocycles. The van der Waals surface area contributed by atoms with Gasteiger partial charge >= 0.3 is 0 Å². The number of nitrogens with one attached hydrogen (secondary N) is 1. The van der Waals surface area contributed by atoms with Gasteiger partial charge in [0, 0.05) is 18.8 Å². The predicted molar refractivity (Wildman–Crippen MR) is 165 cm³/mol. The van der Waals surface area contributed by atoms with Gasteiger partial charge in [0.2, 0.25) is 11.8 Å². The molecule has 0 bridgehead atoms. The van der Waals surface area contributed by atoms with Gasteiger partial charge < -0.3 is 15.0 Å². The third kappa shape index (κ3) is 7.24. The van der Waals surface area contributed by atoms with Crippen LogP contribution in [0.5, 0.6) is 0 Å². The van der Waals surface area contributed by atoms with E-state index in [2.05, 4.69) is 17.1 Å². The zero-order valence-corrected chi connectivity index (χ0v) is 25.8. The first-order valence-corrected chi connectivity index (χ1v) is 14.7. The summed E-state index contributed by atoms with van der Waals surface area (Å²) in [5.74, 6) is 0.320. The van der Waals surface area contributed by atoms with Gasteiger partial charge in [-0.3, -0.25) is 28.8 Å². The number of rotatable bonds is 11. The molecule has 10 nitrogen and oxygen atoms in total. The van der Waals surface area contributed by atoms with Gasteiger partial charge in [-0.15, -0.1) is 0 Å². The van der Waals surface area contributed by atoms with Crippen LogP contribution in [0.1, 0.15) is 42.3 Å². The Morgan fingerprint density at radius 1 is 1.00 bits per heavy atom. The molecule has 0 spiro atoms. The van der Waals surface area contributed by atoms with Crippen molar-refractivity contribution in [3.63, 3.8) is 0 Å². The number of ether oxygens (including phenoxy) is 1. The van der Waals surface area contributed by atoms with Crippen LogP contribution in [0.2, 0.25) is 0 Å². The van der Waals surface area contributed by atoms with Crippen LogP contribution in [0.25, 0.3) is 10.9 Å². The number of hydrogen-bond donors (Lipinski definition) is 1. The minimum atomic E-state index is -0.220. The van der Waals surface area contributed by atoms with Crippen molar-refractivity contribution in [3.8, 4) is 0 Å². The molecule has 1 fully saturated rings. The minimum Gasteiger partial charge on any atom is -0.378 e. The van der Waals surface area contributed by atoms with Crippen molar-refractivity contribution >= 4 is 28.4 Å². The summed E-state index contributed by atoms with van der Waals surface area (Å²) in [7, 11) is 3.91. The summed E-state index contributed by atoms with van der Waals surface area (Å²) < 4.78 is 6.92. The minimum absolute atomic E-state index is 0.0780. The van der Waals surface area contributed by atoms with E-state index in [9.17, 15) is 14.4 Å². The number of anilines is 1. The lowest BCUT2D eigenvalue weighted by Gasteiger charge is -2.35. The fraction of sp³-hybridized carbons (Fsp3) is 0.500. The maximum Gasteiger partial charge on any atom is 0.261 e. The summed E-state index contributed by atoms with van der Waals surface area (Å²) in [6.07, 6.45) is 1.63. The second-order valence-electron chi connectivity index (χ2n) is 11.3. The molecule has 1 unspecified atom stereocenters. The highest BCUT2D eigenvalue weighted by Crippen LogP contribution is 2.20. The molecule has 1 N–H and O–H groups in total. The fourth-order valence-corrected chi connectivity index (χ4v) is 5.65. The highest BCUT2D eigenvalue weighted by Gasteiger charge is 2.25. The third-order valence-electron chi connectivity index (χ3n) is 8.02. The predicted octanol–water partition coefficient (Wildman–Crippen LogP) is 3.31. The van der Waals surface area contributed by atoms with Crippen LogP contribution in [0.4, 0.5) is 5.69 Å². The molecule has 1 aliphatic heterocycles. The van der Waals surface area contributed by atoms with Crippen LogP contribution in [0.3, 0.4) is 0 Å². The summed E-state index contributed by atoms with van der Waals surface area (Å²) in [5.41, 5.74) is 4.23. The number of nitrogens with zero attached hydrogens (tertiary/aromatic N) is 5. The molecule has 0 radical (unpaired) electrons. The molecule has 0 saturated carbocycles. The Balaban J connectivity index is 1.59. The number of para-hydroxylation sites is 2. The number of aryl methyl sites for hydroxylation is 3. The van der Waals surface area contributed by atoms with Crippen molar-refractivity contribution in [2.24, 2.45) is 0 Å². The first kappa shape index (κ1) is 31.3. The molecule has 1 aromatic heterocycles. The first-order chi connectivity index (χ1) is 20.1. The van der Waals surface area contributed by atoms with Crippen LogP contribution in [0.15, 0.2) is 41.2 Å². The number of fused-ring (bicyclic) bond motifs is 1. The number of amides is 2. The van der Waals surface area contributed by atoms with Crippen molar-refractivity contribution in [2.45, 2.75) is 59.8 Å². The van der Waals surface area contributed by atoms with E-state index in [4.69, 9.17) is 9.72 Å². The first-order valence-electron chi connectivity index (χ1n) is 14.7. The molecule has 4 rings (SSSR count). The van der Waals surface area contributed by atoms with E-state index < -0.39 is 0 Å². The quantitative estimate of drug-likeness (QED) is 0.350. The van der Waals surface area contributed by atoms with Crippen molar-refractivity contribution in [1.29, 1.82) is 0 Å². The smallest absolute Gasteiger partial charge is 0.261 e. The fourth-order valence-electron chi connectivity index (χ4n) is 5.65. The van der Waals surface area contributed by atoms with Gasteiger partial charge in [0.15, 0.2) is 0 Å². The van der Waals surface area contributed by atoms with Crippen LogP contribution in [-0.2, 0) is 27.4 Å². The Labute approximate surface area is 248 Å². The van der Waals surface area contributed by atoms with Crippen LogP contribution < -0.4 is 10.9 Å².